The zero-order valence-electron chi connectivity index (χ0n) is 20.6. The van der Waals surface area contributed by atoms with Crippen LogP contribution in [0.25, 0.3) is 6.08 Å². The molecule has 1 unspecified atom stereocenters. The van der Waals surface area contributed by atoms with Crippen LogP contribution in [0.1, 0.15) is 48.1 Å². The van der Waals surface area contributed by atoms with Gasteiger partial charge in [0, 0.05) is 28.3 Å². The summed E-state index contributed by atoms with van der Waals surface area (Å²) in [6.07, 6.45) is 3.64. The second kappa shape index (κ2) is 8.40. The van der Waals surface area contributed by atoms with Gasteiger partial charge in [0.05, 0.1) is 6.04 Å². The Morgan fingerprint density at radius 3 is 2.05 bits per heavy atom. The maximum Gasteiger partial charge on any atom is 0.185 e. The molecule has 1 aliphatic carbocycles. The van der Waals surface area contributed by atoms with E-state index in [1.54, 1.807) is 47.4 Å². The summed E-state index contributed by atoms with van der Waals surface area (Å²) >= 11 is 0. The zero-order chi connectivity index (χ0) is 26.9. The minimum absolute atomic E-state index is 0.118. The van der Waals surface area contributed by atoms with E-state index in [1.807, 2.05) is 30.3 Å². The first-order valence-electron chi connectivity index (χ1n) is 12.7. The number of anilines is 1. The maximum absolute atomic E-state index is 15.7. The highest BCUT2D eigenvalue weighted by atomic mass is 19.1. The topological polar surface area (TPSA) is 54.5 Å². The van der Waals surface area contributed by atoms with Gasteiger partial charge in [-0.3, -0.25) is 14.4 Å². The molecule has 0 N–H and O–H groups in total. The third-order valence-corrected chi connectivity index (χ3v) is 8.35. The molecular weight excluding hydrogens is 496 g/mol. The number of hydrogen-bond acceptors (Lipinski definition) is 4. The van der Waals surface area contributed by atoms with E-state index in [4.69, 9.17) is 0 Å². The van der Waals surface area contributed by atoms with Crippen molar-refractivity contribution in [1.82, 2.24) is 0 Å². The molecule has 4 aromatic rings. The normalized spacial score (nSPS) is 22.1. The van der Waals surface area contributed by atoms with Crippen molar-refractivity contribution in [2.75, 3.05) is 4.90 Å². The van der Waals surface area contributed by atoms with Crippen LogP contribution in [0.2, 0.25) is 0 Å². The van der Waals surface area contributed by atoms with Crippen LogP contribution in [-0.4, -0.2) is 29.4 Å². The van der Waals surface area contributed by atoms with E-state index in [-0.39, 0.29) is 22.3 Å². The Labute approximate surface area is 223 Å². The van der Waals surface area contributed by atoms with Crippen LogP contribution in [0, 0.1) is 17.0 Å². The smallest absolute Gasteiger partial charge is 0.185 e. The van der Waals surface area contributed by atoms with Crippen molar-refractivity contribution in [3.05, 3.63) is 143 Å². The highest BCUT2D eigenvalue weighted by Crippen LogP contribution is 2.61. The molecule has 2 aliphatic heterocycles. The van der Waals surface area contributed by atoms with Gasteiger partial charge in [0.15, 0.2) is 17.3 Å². The van der Waals surface area contributed by atoms with Gasteiger partial charge in [0.2, 0.25) is 0 Å². The largest absolute Gasteiger partial charge is 0.352 e. The molecule has 39 heavy (non-hydrogen) atoms. The van der Waals surface area contributed by atoms with Crippen molar-refractivity contribution in [3.63, 3.8) is 0 Å². The van der Waals surface area contributed by atoms with E-state index in [2.05, 4.69) is 0 Å². The summed E-state index contributed by atoms with van der Waals surface area (Å²) in [6, 6.07) is 23.2. The number of Topliss-reactive ketones (excluding diaryl/α,β-unsaturated/α-hetero) is 3. The summed E-state index contributed by atoms with van der Waals surface area (Å²) in [5, 5.41) is 0. The second-order valence-electron chi connectivity index (χ2n) is 10.2. The highest BCUT2D eigenvalue weighted by Gasteiger charge is 2.71. The molecule has 0 radical (unpaired) electrons. The lowest BCUT2D eigenvalue weighted by atomic mass is 9.64. The van der Waals surface area contributed by atoms with Crippen LogP contribution < -0.4 is 4.90 Å². The van der Waals surface area contributed by atoms with Crippen LogP contribution in [0.4, 0.5) is 14.5 Å². The van der Waals surface area contributed by atoms with E-state index in [9.17, 15) is 18.8 Å². The first-order valence-corrected chi connectivity index (χ1v) is 12.7. The second-order valence-corrected chi connectivity index (χ2v) is 10.2. The fourth-order valence-electron chi connectivity index (χ4n) is 6.77. The average Bonchev–Trinajstić information content (AvgIpc) is 3.39. The van der Waals surface area contributed by atoms with Crippen molar-refractivity contribution in [2.24, 2.45) is 5.41 Å². The molecule has 4 nitrogen and oxygen atoms in total. The van der Waals surface area contributed by atoms with E-state index < -0.39 is 52.4 Å². The Kier molecular flexibility index (Phi) is 5.04. The first kappa shape index (κ1) is 23.4. The summed E-state index contributed by atoms with van der Waals surface area (Å²) in [7, 11) is 0. The maximum atomic E-state index is 15.7. The molecular formula is C33H21F2NO3. The molecule has 190 valence electrons. The van der Waals surface area contributed by atoms with Gasteiger partial charge in [-0.25, -0.2) is 8.78 Å². The standard InChI is InChI=1S/C33H21F2NO3/c34-21-16-13-20(14-17-21)30(37)29-28(24-10-4-5-11-25(24)35)33(31(38)22-8-2-3-9-23(22)32(33)39)27-18-15-19-7-1-6-12-26(19)36(27)29/h1-18,27-29H/t27?,28-,29+/m1/s1. The molecule has 3 aliphatic rings. The monoisotopic (exact) mass is 517 g/mol. The van der Waals surface area contributed by atoms with Crippen LogP contribution in [0.3, 0.4) is 0 Å². The Morgan fingerprint density at radius 1 is 0.744 bits per heavy atom. The lowest BCUT2D eigenvalue weighted by molar-refractivity contribution is 0.0664. The van der Waals surface area contributed by atoms with E-state index in [0.717, 1.165) is 5.56 Å². The number of benzene rings is 4. The lowest BCUT2D eigenvalue weighted by Crippen LogP contribution is -2.48. The van der Waals surface area contributed by atoms with E-state index in [0.29, 0.717) is 5.69 Å². The average molecular weight is 518 g/mol. The van der Waals surface area contributed by atoms with Crippen LogP contribution in [-0.2, 0) is 0 Å². The molecule has 0 amide bonds. The van der Waals surface area contributed by atoms with Gasteiger partial charge in [-0.15, -0.1) is 0 Å². The van der Waals surface area contributed by atoms with Crippen LogP contribution >= 0.6 is 0 Å². The predicted octanol–water partition coefficient (Wildman–Crippen LogP) is 6.28. The van der Waals surface area contributed by atoms with Gasteiger partial charge in [-0.1, -0.05) is 72.8 Å². The number of carbonyl (C=O) groups excluding carboxylic acids is 3. The third-order valence-electron chi connectivity index (χ3n) is 8.35. The van der Waals surface area contributed by atoms with Crippen molar-refractivity contribution < 1.29 is 23.2 Å². The predicted molar refractivity (Wildman–Crippen MR) is 143 cm³/mol. The van der Waals surface area contributed by atoms with E-state index >= 15 is 4.39 Å². The third kappa shape index (κ3) is 3.05. The summed E-state index contributed by atoms with van der Waals surface area (Å²) in [6.45, 7) is 0. The minimum Gasteiger partial charge on any atom is -0.352 e. The molecule has 2 heterocycles. The Bertz CT molecular complexity index is 1690. The number of nitrogens with zero attached hydrogens (tertiary/aromatic N) is 1. The summed E-state index contributed by atoms with van der Waals surface area (Å²) < 4.78 is 29.5. The summed E-state index contributed by atoms with van der Waals surface area (Å²) in [5.41, 5.74) is 0.562. The summed E-state index contributed by atoms with van der Waals surface area (Å²) in [5.74, 6) is -3.53. The number of fused-ring (bicyclic) bond motifs is 5. The molecule has 1 fully saturated rings. The number of ketones is 3. The van der Waals surface area contributed by atoms with Crippen molar-refractivity contribution >= 4 is 29.1 Å². The Hall–Kier alpha value is -4.71. The highest BCUT2D eigenvalue weighted by molar-refractivity contribution is 6.32. The van der Waals surface area contributed by atoms with Gasteiger partial charge in [-0.05, 0) is 47.5 Å². The van der Waals surface area contributed by atoms with Gasteiger partial charge < -0.3 is 4.90 Å². The van der Waals surface area contributed by atoms with Gasteiger partial charge in [0.25, 0.3) is 0 Å². The molecule has 0 saturated carbocycles. The van der Waals surface area contributed by atoms with Gasteiger partial charge in [-0.2, -0.15) is 0 Å². The molecule has 4 aromatic carbocycles. The van der Waals surface area contributed by atoms with Crippen molar-refractivity contribution in [1.29, 1.82) is 0 Å². The Morgan fingerprint density at radius 2 is 1.36 bits per heavy atom. The number of halogens is 2. The fourth-order valence-corrected chi connectivity index (χ4v) is 6.77. The zero-order valence-corrected chi connectivity index (χ0v) is 20.6. The van der Waals surface area contributed by atoms with Crippen molar-refractivity contribution in [2.45, 2.75) is 18.0 Å². The van der Waals surface area contributed by atoms with Crippen LogP contribution in [0.15, 0.2) is 103 Å². The molecule has 1 spiro atoms. The van der Waals surface area contributed by atoms with Crippen LogP contribution in [0.5, 0.6) is 0 Å². The quantitative estimate of drug-likeness (QED) is 0.237. The SMILES string of the molecule is O=C(c1ccc(F)cc1)[C@@H]1[C@@H](c2ccccc2F)C2(C(=O)c3ccccc3C2=O)C2C=Cc3ccccc3N21. The molecule has 3 atom stereocenters. The molecule has 7 rings (SSSR count). The fraction of sp³-hybridized carbons (Fsp3) is 0.121. The summed E-state index contributed by atoms with van der Waals surface area (Å²) in [4.78, 5) is 45.2. The number of rotatable bonds is 3. The van der Waals surface area contributed by atoms with E-state index in [1.165, 1.54) is 36.4 Å². The first-order chi connectivity index (χ1) is 18.9. The number of carbonyl (C=O) groups is 3. The molecule has 6 heteroatoms. The van der Waals surface area contributed by atoms with Crippen molar-refractivity contribution in [3.8, 4) is 0 Å². The Balaban J connectivity index is 1.56. The molecule has 1 saturated heterocycles. The molecule has 0 bridgehead atoms. The minimum atomic E-state index is -1.78. The van der Waals surface area contributed by atoms with Gasteiger partial charge >= 0.3 is 0 Å². The molecule has 0 aromatic heterocycles. The number of hydrogen-bond donors (Lipinski definition) is 0. The lowest BCUT2D eigenvalue weighted by Gasteiger charge is -2.37. The van der Waals surface area contributed by atoms with Gasteiger partial charge in [0.1, 0.15) is 23.1 Å². The number of para-hydroxylation sites is 1.